The van der Waals surface area contributed by atoms with Gasteiger partial charge in [0.25, 0.3) is 0 Å². The van der Waals surface area contributed by atoms with Crippen LogP contribution in [0.5, 0.6) is 0 Å². The van der Waals surface area contributed by atoms with Crippen LogP contribution in [0.15, 0.2) is 39.6 Å². The number of nitrogen functional groups attached to an aromatic ring is 1. The second-order valence-electron chi connectivity index (χ2n) is 4.27. The maximum Gasteiger partial charge on any atom is 0.300 e. The Balaban J connectivity index is 2.00. The van der Waals surface area contributed by atoms with Crippen molar-refractivity contribution in [1.29, 1.82) is 0 Å². The summed E-state index contributed by atoms with van der Waals surface area (Å²) in [5.41, 5.74) is 4.60. The van der Waals surface area contributed by atoms with E-state index in [-0.39, 0.29) is 5.76 Å². The summed E-state index contributed by atoms with van der Waals surface area (Å²) in [6.45, 7) is 4.18. The number of benzene rings is 1. The van der Waals surface area contributed by atoms with E-state index >= 15 is 0 Å². The molecule has 0 unspecified atom stereocenters. The summed E-state index contributed by atoms with van der Waals surface area (Å²) >= 11 is 1.67. The quantitative estimate of drug-likeness (QED) is 0.390. The predicted octanol–water partition coefficient (Wildman–Crippen LogP) is 2.79. The van der Waals surface area contributed by atoms with Crippen molar-refractivity contribution in [3.63, 3.8) is 0 Å². The van der Waals surface area contributed by atoms with Crippen LogP contribution in [-0.2, 0) is 5.75 Å². The molecule has 5 heteroatoms. The first-order valence-corrected chi connectivity index (χ1v) is 6.88. The Hall–Kier alpha value is -1.72. The number of aryl methyl sites for hydroxylation is 2. The van der Waals surface area contributed by atoms with Crippen LogP contribution >= 0.6 is 11.8 Å². The van der Waals surface area contributed by atoms with Gasteiger partial charge < -0.3 is 4.42 Å². The van der Waals surface area contributed by atoms with Crippen LogP contribution in [0.1, 0.15) is 27.4 Å². The topological polar surface area (TPSA) is 68.3 Å². The molecule has 0 aliphatic carbocycles. The molecule has 1 aromatic carbocycles. The van der Waals surface area contributed by atoms with E-state index in [2.05, 4.69) is 32.0 Å². The van der Waals surface area contributed by atoms with Crippen LogP contribution in [0.3, 0.4) is 0 Å². The summed E-state index contributed by atoms with van der Waals surface area (Å²) in [7, 11) is 0. The van der Waals surface area contributed by atoms with Gasteiger partial charge in [-0.15, -0.1) is 11.8 Å². The lowest BCUT2D eigenvalue weighted by atomic mass is 10.1. The molecule has 0 aliphatic rings. The Morgan fingerprint density at radius 2 is 2.05 bits per heavy atom. The molecule has 0 bridgehead atoms. The normalized spacial score (nSPS) is 10.5. The smallest absolute Gasteiger partial charge is 0.300 e. The standard InChI is InChI=1S/C14H16N2O2S/c1-9-3-5-12(7-10(9)2)19-8-11-4-6-13(18-11)14(17)16-15/h3-7H,8,15H2,1-2H3,(H,16,17). The van der Waals surface area contributed by atoms with Gasteiger partial charge in [-0.2, -0.15) is 0 Å². The third-order valence-electron chi connectivity index (χ3n) is 2.88. The van der Waals surface area contributed by atoms with Crippen molar-refractivity contribution in [2.75, 3.05) is 0 Å². The van der Waals surface area contributed by atoms with Gasteiger partial charge in [-0.05, 0) is 49.2 Å². The third-order valence-corrected chi connectivity index (χ3v) is 3.89. The van der Waals surface area contributed by atoms with Crippen LogP contribution in [0.25, 0.3) is 0 Å². The molecule has 0 saturated heterocycles. The fraction of sp³-hybridized carbons (Fsp3) is 0.214. The number of rotatable bonds is 4. The molecule has 1 heterocycles. The van der Waals surface area contributed by atoms with Gasteiger partial charge in [-0.3, -0.25) is 10.2 Å². The Bertz CT molecular complexity index is 593. The van der Waals surface area contributed by atoms with Crippen molar-refractivity contribution in [1.82, 2.24) is 5.43 Å². The monoisotopic (exact) mass is 276 g/mol. The third kappa shape index (κ3) is 3.39. The summed E-state index contributed by atoms with van der Waals surface area (Å²) in [6.07, 6.45) is 0. The van der Waals surface area contributed by atoms with Crippen molar-refractivity contribution >= 4 is 17.7 Å². The first-order valence-electron chi connectivity index (χ1n) is 5.90. The predicted molar refractivity (Wildman–Crippen MR) is 75.8 cm³/mol. The number of nitrogens with two attached hydrogens (primary N) is 1. The van der Waals surface area contributed by atoms with Gasteiger partial charge in [0.1, 0.15) is 5.76 Å². The van der Waals surface area contributed by atoms with E-state index in [1.165, 1.54) is 16.0 Å². The second kappa shape index (κ2) is 5.95. The molecule has 0 saturated carbocycles. The van der Waals surface area contributed by atoms with E-state index in [9.17, 15) is 4.79 Å². The SMILES string of the molecule is Cc1ccc(SCc2ccc(C(=O)NN)o2)cc1C. The molecule has 100 valence electrons. The molecular formula is C14H16N2O2S. The Morgan fingerprint density at radius 1 is 1.26 bits per heavy atom. The summed E-state index contributed by atoms with van der Waals surface area (Å²) in [5, 5.41) is 0. The molecule has 4 nitrogen and oxygen atoms in total. The molecule has 0 spiro atoms. The molecule has 0 atom stereocenters. The molecule has 1 aromatic heterocycles. The number of hydrogen-bond acceptors (Lipinski definition) is 4. The molecular weight excluding hydrogens is 260 g/mol. The van der Waals surface area contributed by atoms with Crippen molar-refractivity contribution in [3.8, 4) is 0 Å². The van der Waals surface area contributed by atoms with E-state index in [4.69, 9.17) is 10.3 Å². The maximum absolute atomic E-state index is 11.2. The highest BCUT2D eigenvalue weighted by Crippen LogP contribution is 2.25. The number of hydrogen-bond donors (Lipinski definition) is 2. The summed E-state index contributed by atoms with van der Waals surface area (Å²) < 4.78 is 5.40. The van der Waals surface area contributed by atoms with E-state index in [1.54, 1.807) is 23.9 Å². The number of carbonyl (C=O) groups excluding carboxylic acids is 1. The van der Waals surface area contributed by atoms with Crippen molar-refractivity contribution in [2.24, 2.45) is 5.84 Å². The fourth-order valence-electron chi connectivity index (χ4n) is 1.61. The van der Waals surface area contributed by atoms with E-state index in [0.29, 0.717) is 5.75 Å². The number of amides is 1. The zero-order chi connectivity index (χ0) is 13.8. The minimum atomic E-state index is -0.414. The molecule has 0 aliphatic heterocycles. The lowest BCUT2D eigenvalue weighted by Crippen LogP contribution is -2.29. The molecule has 0 radical (unpaired) electrons. The minimum Gasteiger partial charge on any atom is -0.455 e. The second-order valence-corrected chi connectivity index (χ2v) is 5.32. The zero-order valence-electron chi connectivity index (χ0n) is 10.9. The van der Waals surface area contributed by atoms with Crippen molar-refractivity contribution in [2.45, 2.75) is 24.5 Å². The zero-order valence-corrected chi connectivity index (χ0v) is 11.7. The first kappa shape index (κ1) is 13.7. The van der Waals surface area contributed by atoms with Gasteiger partial charge in [0.15, 0.2) is 5.76 Å². The average molecular weight is 276 g/mol. The highest BCUT2D eigenvalue weighted by molar-refractivity contribution is 7.98. The van der Waals surface area contributed by atoms with Crippen molar-refractivity contribution < 1.29 is 9.21 Å². The van der Waals surface area contributed by atoms with E-state index in [0.717, 1.165) is 5.76 Å². The Morgan fingerprint density at radius 3 is 2.74 bits per heavy atom. The van der Waals surface area contributed by atoms with Crippen LogP contribution in [0, 0.1) is 13.8 Å². The number of nitrogens with one attached hydrogen (secondary N) is 1. The summed E-state index contributed by atoms with van der Waals surface area (Å²) in [6, 6.07) is 9.75. The molecule has 3 N–H and O–H groups in total. The number of furan rings is 1. The molecule has 2 aromatic rings. The van der Waals surface area contributed by atoms with Crippen LogP contribution < -0.4 is 11.3 Å². The lowest BCUT2D eigenvalue weighted by Gasteiger charge is -2.03. The highest BCUT2D eigenvalue weighted by atomic mass is 32.2. The average Bonchev–Trinajstić information content (AvgIpc) is 2.88. The summed E-state index contributed by atoms with van der Waals surface area (Å²) in [5.74, 6) is 6.30. The molecule has 2 rings (SSSR count). The van der Waals surface area contributed by atoms with Gasteiger partial charge in [-0.25, -0.2) is 5.84 Å². The number of carbonyl (C=O) groups is 1. The Labute approximate surface area is 116 Å². The Kier molecular flexibility index (Phi) is 4.29. The fourth-order valence-corrected chi connectivity index (χ4v) is 2.50. The van der Waals surface area contributed by atoms with Crippen molar-refractivity contribution in [3.05, 3.63) is 53.0 Å². The summed E-state index contributed by atoms with van der Waals surface area (Å²) in [4.78, 5) is 12.4. The molecule has 19 heavy (non-hydrogen) atoms. The van der Waals surface area contributed by atoms with Crippen LogP contribution in [0.2, 0.25) is 0 Å². The number of thioether (sulfide) groups is 1. The maximum atomic E-state index is 11.2. The molecule has 1 amide bonds. The number of hydrazine groups is 1. The van der Waals surface area contributed by atoms with E-state index in [1.807, 2.05) is 5.43 Å². The lowest BCUT2D eigenvalue weighted by molar-refractivity contribution is 0.0924. The van der Waals surface area contributed by atoms with Gasteiger partial charge >= 0.3 is 5.91 Å². The van der Waals surface area contributed by atoms with Gasteiger partial charge in [0, 0.05) is 4.90 Å². The largest absolute Gasteiger partial charge is 0.455 e. The minimum absolute atomic E-state index is 0.234. The van der Waals surface area contributed by atoms with Crippen LogP contribution in [0.4, 0.5) is 0 Å². The van der Waals surface area contributed by atoms with Gasteiger partial charge in [0.05, 0.1) is 5.75 Å². The van der Waals surface area contributed by atoms with Gasteiger partial charge in [0.2, 0.25) is 0 Å². The first-order chi connectivity index (χ1) is 9.10. The van der Waals surface area contributed by atoms with E-state index < -0.39 is 5.91 Å². The van der Waals surface area contributed by atoms with Crippen LogP contribution in [-0.4, -0.2) is 5.91 Å². The van der Waals surface area contributed by atoms with Gasteiger partial charge in [-0.1, -0.05) is 6.07 Å². The highest BCUT2D eigenvalue weighted by Gasteiger charge is 2.09. The molecule has 0 fully saturated rings.